The van der Waals surface area contributed by atoms with Gasteiger partial charge in [-0.3, -0.25) is 0 Å². The van der Waals surface area contributed by atoms with E-state index in [4.69, 9.17) is 5.11 Å². The zero-order valence-corrected chi connectivity index (χ0v) is 12.3. The number of aliphatic carboxylic acids is 1. The quantitative estimate of drug-likeness (QED) is 0.628. The van der Waals surface area contributed by atoms with Crippen LogP contribution in [-0.2, 0) is 4.79 Å². The van der Waals surface area contributed by atoms with Gasteiger partial charge >= 0.3 is 12.0 Å². The number of amides is 2. The first-order chi connectivity index (χ1) is 9.13. The summed E-state index contributed by atoms with van der Waals surface area (Å²) in [6.07, 6.45) is 5.96. The lowest BCUT2D eigenvalue weighted by Gasteiger charge is -2.24. The van der Waals surface area contributed by atoms with E-state index >= 15 is 0 Å². The molecule has 3 N–H and O–H groups in total. The molecule has 0 aromatic carbocycles. The van der Waals surface area contributed by atoms with E-state index in [1.54, 1.807) is 11.8 Å². The predicted molar refractivity (Wildman–Crippen MR) is 77.6 cm³/mol. The zero-order chi connectivity index (χ0) is 14.1. The van der Waals surface area contributed by atoms with Crippen LogP contribution in [0.2, 0.25) is 0 Å². The van der Waals surface area contributed by atoms with Gasteiger partial charge in [-0.1, -0.05) is 26.2 Å². The maximum atomic E-state index is 11.8. The molecule has 110 valence electrons. The van der Waals surface area contributed by atoms with Crippen molar-refractivity contribution in [3.05, 3.63) is 0 Å². The molecule has 0 heterocycles. The molecule has 1 unspecified atom stereocenters. The number of hydrogen-bond donors (Lipinski definition) is 3. The minimum Gasteiger partial charge on any atom is -0.480 e. The van der Waals surface area contributed by atoms with Crippen molar-refractivity contribution in [1.82, 2.24) is 10.6 Å². The molecule has 1 saturated carbocycles. The summed E-state index contributed by atoms with van der Waals surface area (Å²) in [5.41, 5.74) is 0. The lowest BCUT2D eigenvalue weighted by Crippen LogP contribution is -2.49. The molecule has 5 nitrogen and oxygen atoms in total. The van der Waals surface area contributed by atoms with E-state index in [9.17, 15) is 9.59 Å². The highest BCUT2D eigenvalue weighted by Gasteiger charge is 2.21. The number of carbonyl (C=O) groups excluding carboxylic acids is 1. The van der Waals surface area contributed by atoms with Crippen molar-refractivity contribution in [1.29, 1.82) is 0 Å². The Kier molecular flexibility index (Phi) is 7.70. The Morgan fingerprint density at radius 3 is 2.58 bits per heavy atom. The van der Waals surface area contributed by atoms with E-state index in [0.29, 0.717) is 6.42 Å². The molecule has 1 aliphatic carbocycles. The summed E-state index contributed by atoms with van der Waals surface area (Å²) < 4.78 is 0. The minimum atomic E-state index is -0.963. The highest BCUT2D eigenvalue weighted by Crippen LogP contribution is 2.17. The molecule has 0 bridgehead atoms. The zero-order valence-electron chi connectivity index (χ0n) is 11.5. The van der Waals surface area contributed by atoms with Crippen LogP contribution < -0.4 is 10.6 Å². The second kappa shape index (κ2) is 9.07. The highest BCUT2D eigenvalue weighted by molar-refractivity contribution is 7.99. The number of hydrogen-bond acceptors (Lipinski definition) is 3. The van der Waals surface area contributed by atoms with Gasteiger partial charge in [-0.25, -0.2) is 9.59 Å². The molecule has 0 spiro atoms. The molecular formula is C13H24N2O3S. The third-order valence-electron chi connectivity index (χ3n) is 3.30. The van der Waals surface area contributed by atoms with Gasteiger partial charge in [0.05, 0.1) is 0 Å². The topological polar surface area (TPSA) is 78.4 Å². The molecule has 19 heavy (non-hydrogen) atoms. The van der Waals surface area contributed by atoms with Crippen molar-refractivity contribution in [2.45, 2.75) is 57.5 Å². The van der Waals surface area contributed by atoms with Gasteiger partial charge in [-0.05, 0) is 30.8 Å². The number of carboxylic acid groups (broad SMARTS) is 1. The number of nitrogens with one attached hydrogen (secondary N) is 2. The number of carbonyl (C=O) groups is 2. The monoisotopic (exact) mass is 288 g/mol. The summed E-state index contributed by atoms with van der Waals surface area (Å²) in [5.74, 6) is 0.744. The number of urea groups is 1. The first-order valence-corrected chi connectivity index (χ1v) is 8.16. The molecule has 1 fully saturated rings. The molecule has 0 radical (unpaired) electrons. The second-order valence-corrected chi connectivity index (χ2v) is 6.22. The van der Waals surface area contributed by atoms with Gasteiger partial charge in [-0.2, -0.15) is 11.8 Å². The van der Waals surface area contributed by atoms with Crippen LogP contribution in [0, 0.1) is 0 Å². The molecule has 0 aromatic rings. The smallest absolute Gasteiger partial charge is 0.326 e. The van der Waals surface area contributed by atoms with E-state index in [2.05, 4.69) is 10.6 Å². The average Bonchev–Trinajstić information content (AvgIpc) is 2.38. The molecule has 1 aliphatic rings. The lowest BCUT2D eigenvalue weighted by atomic mass is 9.96. The summed E-state index contributed by atoms with van der Waals surface area (Å²) in [5, 5.41) is 14.5. The number of thioether (sulfide) groups is 1. The van der Waals surface area contributed by atoms with Crippen LogP contribution in [0.25, 0.3) is 0 Å². The molecule has 0 saturated heterocycles. The van der Waals surface area contributed by atoms with E-state index < -0.39 is 12.0 Å². The van der Waals surface area contributed by atoms with E-state index in [-0.39, 0.29) is 12.1 Å². The first kappa shape index (κ1) is 16.1. The molecule has 6 heteroatoms. The Balaban J connectivity index is 2.31. The Labute approximate surface area is 118 Å². The standard InChI is InChI=1S/C13H24N2O3S/c1-2-19-9-8-11(12(16)17)15-13(18)14-10-6-4-3-5-7-10/h10-11H,2-9H2,1H3,(H,16,17)(H2,14,15,18). The molecule has 0 aromatic heterocycles. The first-order valence-electron chi connectivity index (χ1n) is 7.01. The van der Waals surface area contributed by atoms with Crippen LogP contribution >= 0.6 is 11.8 Å². The van der Waals surface area contributed by atoms with Crippen LogP contribution in [0.5, 0.6) is 0 Å². The highest BCUT2D eigenvalue weighted by atomic mass is 32.2. The Hall–Kier alpha value is -0.910. The van der Waals surface area contributed by atoms with Crippen LogP contribution in [0.1, 0.15) is 45.4 Å². The van der Waals surface area contributed by atoms with Gasteiger partial charge in [0.2, 0.25) is 0 Å². The molecule has 2 amide bonds. The number of rotatable bonds is 7. The number of carboxylic acids is 1. The summed E-state index contributed by atoms with van der Waals surface area (Å²) in [6, 6.07) is -0.934. The fourth-order valence-electron chi connectivity index (χ4n) is 2.24. The Morgan fingerprint density at radius 2 is 2.00 bits per heavy atom. The van der Waals surface area contributed by atoms with Gasteiger partial charge in [0.25, 0.3) is 0 Å². The predicted octanol–water partition coefficient (Wildman–Crippen LogP) is 2.21. The lowest BCUT2D eigenvalue weighted by molar-refractivity contribution is -0.139. The maximum Gasteiger partial charge on any atom is 0.326 e. The van der Waals surface area contributed by atoms with Gasteiger partial charge in [0, 0.05) is 6.04 Å². The van der Waals surface area contributed by atoms with Gasteiger partial charge in [0.15, 0.2) is 0 Å². The minimum absolute atomic E-state index is 0.202. The van der Waals surface area contributed by atoms with Gasteiger partial charge < -0.3 is 15.7 Å². The largest absolute Gasteiger partial charge is 0.480 e. The molecule has 1 rings (SSSR count). The maximum absolute atomic E-state index is 11.8. The van der Waals surface area contributed by atoms with Crippen LogP contribution in [0.15, 0.2) is 0 Å². The van der Waals surface area contributed by atoms with Crippen molar-refractivity contribution >= 4 is 23.8 Å². The fourth-order valence-corrected chi connectivity index (χ4v) is 2.93. The normalized spacial score (nSPS) is 17.7. The third kappa shape index (κ3) is 6.71. The molecule has 1 atom stereocenters. The van der Waals surface area contributed by atoms with E-state index in [1.165, 1.54) is 6.42 Å². The SMILES string of the molecule is CCSCCC(NC(=O)NC1CCCCC1)C(=O)O. The van der Waals surface area contributed by atoms with Crippen molar-refractivity contribution < 1.29 is 14.7 Å². The van der Waals surface area contributed by atoms with E-state index in [1.807, 2.05) is 6.92 Å². The summed E-state index contributed by atoms with van der Waals surface area (Å²) >= 11 is 1.68. The molecular weight excluding hydrogens is 264 g/mol. The van der Waals surface area contributed by atoms with Crippen LogP contribution in [0.4, 0.5) is 4.79 Å². The third-order valence-corrected chi connectivity index (χ3v) is 4.23. The van der Waals surface area contributed by atoms with Gasteiger partial charge in [0.1, 0.15) is 6.04 Å². The van der Waals surface area contributed by atoms with Crippen molar-refractivity contribution in [2.75, 3.05) is 11.5 Å². The summed E-state index contributed by atoms with van der Waals surface area (Å²) in [7, 11) is 0. The van der Waals surface area contributed by atoms with Crippen LogP contribution in [-0.4, -0.2) is 40.7 Å². The van der Waals surface area contributed by atoms with Crippen molar-refractivity contribution in [2.24, 2.45) is 0 Å². The second-order valence-electron chi connectivity index (χ2n) is 4.83. The average molecular weight is 288 g/mol. The van der Waals surface area contributed by atoms with Crippen LogP contribution in [0.3, 0.4) is 0 Å². The summed E-state index contributed by atoms with van der Waals surface area (Å²) in [4.78, 5) is 22.8. The Morgan fingerprint density at radius 1 is 1.32 bits per heavy atom. The Bertz CT molecular complexity index is 294. The van der Waals surface area contributed by atoms with Crippen molar-refractivity contribution in [3.63, 3.8) is 0 Å². The van der Waals surface area contributed by atoms with Gasteiger partial charge in [-0.15, -0.1) is 0 Å². The molecule has 0 aliphatic heterocycles. The van der Waals surface area contributed by atoms with E-state index in [0.717, 1.165) is 37.2 Å². The van der Waals surface area contributed by atoms with Crippen molar-refractivity contribution in [3.8, 4) is 0 Å². The fraction of sp³-hybridized carbons (Fsp3) is 0.846. The summed E-state index contributed by atoms with van der Waals surface area (Å²) in [6.45, 7) is 2.03.